The molecule has 1 aliphatic rings. The Morgan fingerprint density at radius 3 is 2.78 bits per heavy atom. The van der Waals surface area contributed by atoms with Crippen LogP contribution in [0.25, 0.3) is 0 Å². The van der Waals surface area contributed by atoms with Crippen molar-refractivity contribution in [3.05, 3.63) is 21.3 Å². The number of hydrogen-bond acceptors (Lipinski definition) is 4. The second-order valence-electron chi connectivity index (χ2n) is 4.47. The third-order valence-electron chi connectivity index (χ3n) is 2.98. The molecule has 1 fully saturated rings. The zero-order valence-corrected chi connectivity index (χ0v) is 12.2. The van der Waals surface area contributed by atoms with Gasteiger partial charge in [0, 0.05) is 4.88 Å². The van der Waals surface area contributed by atoms with Gasteiger partial charge in [0.15, 0.2) is 9.84 Å². The molecule has 1 aliphatic heterocycles. The Balaban J connectivity index is 1.96. The Hall–Kier alpha value is -0.590. The summed E-state index contributed by atoms with van der Waals surface area (Å²) in [5.74, 6) is -0.512. The van der Waals surface area contributed by atoms with Crippen LogP contribution in [0.4, 0.5) is 0 Å². The minimum absolute atomic E-state index is 0.0310. The molecule has 0 bridgehead atoms. The van der Waals surface area contributed by atoms with Crippen LogP contribution in [0.1, 0.15) is 24.3 Å². The van der Waals surface area contributed by atoms with E-state index in [0.29, 0.717) is 10.8 Å². The average molecular weight is 308 g/mol. The molecular formula is C11H14ClNO3S2. The molecule has 1 aromatic heterocycles. The quantitative estimate of drug-likeness (QED) is 0.929. The molecule has 0 saturated carbocycles. The van der Waals surface area contributed by atoms with Crippen LogP contribution in [-0.2, 0) is 14.6 Å². The lowest BCUT2D eigenvalue weighted by Gasteiger charge is -2.15. The van der Waals surface area contributed by atoms with E-state index in [1.807, 2.05) is 13.0 Å². The summed E-state index contributed by atoms with van der Waals surface area (Å²) in [7, 11) is -3.02. The molecule has 2 rings (SSSR count). The molecule has 2 atom stereocenters. The maximum absolute atomic E-state index is 11.9. The lowest BCUT2D eigenvalue weighted by molar-refractivity contribution is -0.124. The van der Waals surface area contributed by atoms with Crippen LogP contribution in [0.2, 0.25) is 4.34 Å². The summed E-state index contributed by atoms with van der Waals surface area (Å²) in [6.07, 6.45) is 0.423. The third-order valence-corrected chi connectivity index (χ3v) is 6.16. The Labute approximate surface area is 115 Å². The molecule has 18 heavy (non-hydrogen) atoms. The summed E-state index contributed by atoms with van der Waals surface area (Å²) in [5.41, 5.74) is 0. The highest BCUT2D eigenvalue weighted by Crippen LogP contribution is 2.27. The summed E-state index contributed by atoms with van der Waals surface area (Å²) in [6.45, 7) is 1.86. The molecule has 1 saturated heterocycles. The first kappa shape index (κ1) is 13.8. The fourth-order valence-electron chi connectivity index (χ4n) is 1.97. The predicted molar refractivity (Wildman–Crippen MR) is 72.6 cm³/mol. The van der Waals surface area contributed by atoms with Crippen molar-refractivity contribution in [1.82, 2.24) is 5.32 Å². The second kappa shape index (κ2) is 5.19. The summed E-state index contributed by atoms with van der Waals surface area (Å²) < 4.78 is 23.3. The second-order valence-corrected chi connectivity index (χ2v) is 8.45. The molecule has 1 N–H and O–H groups in total. The van der Waals surface area contributed by atoms with E-state index in [1.54, 1.807) is 6.07 Å². The molecule has 2 heterocycles. The van der Waals surface area contributed by atoms with Gasteiger partial charge in [-0.15, -0.1) is 11.3 Å². The van der Waals surface area contributed by atoms with Crippen molar-refractivity contribution in [3.63, 3.8) is 0 Å². The summed E-state index contributed by atoms with van der Waals surface area (Å²) >= 11 is 7.24. The summed E-state index contributed by atoms with van der Waals surface area (Å²) in [5, 5.41) is 2.84. The third kappa shape index (κ3) is 3.24. The van der Waals surface area contributed by atoms with Crippen LogP contribution in [0.3, 0.4) is 0 Å². The Kier molecular flexibility index (Phi) is 3.99. The number of nitrogens with one attached hydrogen (secondary N) is 1. The molecule has 1 aromatic rings. The van der Waals surface area contributed by atoms with Gasteiger partial charge in [0.25, 0.3) is 0 Å². The van der Waals surface area contributed by atoms with E-state index in [9.17, 15) is 13.2 Å². The topological polar surface area (TPSA) is 63.2 Å². The Morgan fingerprint density at radius 2 is 2.28 bits per heavy atom. The Morgan fingerprint density at radius 1 is 1.56 bits per heavy atom. The van der Waals surface area contributed by atoms with E-state index >= 15 is 0 Å². The number of sulfone groups is 1. The Bertz CT molecular complexity index is 552. The number of hydrogen-bond donors (Lipinski definition) is 1. The first-order valence-electron chi connectivity index (χ1n) is 5.63. The number of carbonyl (C=O) groups excluding carboxylic acids is 1. The van der Waals surface area contributed by atoms with Gasteiger partial charge < -0.3 is 5.32 Å². The van der Waals surface area contributed by atoms with Crippen LogP contribution >= 0.6 is 22.9 Å². The molecule has 0 aromatic carbocycles. The van der Waals surface area contributed by atoms with Crippen LogP contribution < -0.4 is 5.32 Å². The minimum Gasteiger partial charge on any atom is -0.348 e. The van der Waals surface area contributed by atoms with Gasteiger partial charge in [-0.25, -0.2) is 8.42 Å². The van der Waals surface area contributed by atoms with Gasteiger partial charge in [-0.3, -0.25) is 4.79 Å². The highest BCUT2D eigenvalue weighted by molar-refractivity contribution is 7.91. The van der Waals surface area contributed by atoms with Crippen LogP contribution in [0.5, 0.6) is 0 Å². The molecule has 0 aliphatic carbocycles. The normalized spacial score (nSPS) is 23.8. The summed E-state index contributed by atoms with van der Waals surface area (Å²) in [4.78, 5) is 12.9. The fourth-order valence-corrected chi connectivity index (χ4v) is 4.77. The van der Waals surface area contributed by atoms with E-state index in [0.717, 1.165) is 4.88 Å². The van der Waals surface area contributed by atoms with E-state index < -0.39 is 15.8 Å². The molecule has 4 nitrogen and oxygen atoms in total. The van der Waals surface area contributed by atoms with Crippen molar-refractivity contribution in [3.8, 4) is 0 Å². The van der Waals surface area contributed by atoms with Crippen LogP contribution in [0, 0.1) is 5.92 Å². The minimum atomic E-state index is -3.02. The number of thiophene rings is 1. The van der Waals surface area contributed by atoms with Gasteiger partial charge in [0.05, 0.1) is 27.8 Å². The molecule has 7 heteroatoms. The van der Waals surface area contributed by atoms with Crippen LogP contribution in [-0.4, -0.2) is 25.8 Å². The van der Waals surface area contributed by atoms with Crippen LogP contribution in [0.15, 0.2) is 12.1 Å². The van der Waals surface area contributed by atoms with E-state index in [-0.39, 0.29) is 23.5 Å². The van der Waals surface area contributed by atoms with Gasteiger partial charge >= 0.3 is 0 Å². The fraction of sp³-hybridized carbons (Fsp3) is 0.545. The standard InChI is InChI=1S/C11H14ClNO3S2/c1-7(9-2-3-10(12)17-9)13-11(14)8-4-5-18(15,16)6-8/h2-3,7-8H,4-6H2,1H3,(H,13,14). The van der Waals surface area contributed by atoms with Crippen molar-refractivity contribution in [2.75, 3.05) is 11.5 Å². The van der Waals surface area contributed by atoms with Gasteiger partial charge in [0.2, 0.25) is 5.91 Å². The van der Waals surface area contributed by atoms with E-state index in [4.69, 9.17) is 11.6 Å². The number of carbonyl (C=O) groups is 1. The van der Waals surface area contributed by atoms with Gasteiger partial charge in [-0.05, 0) is 25.5 Å². The van der Waals surface area contributed by atoms with Crippen molar-refractivity contribution in [2.24, 2.45) is 5.92 Å². The SMILES string of the molecule is CC(NC(=O)C1CCS(=O)(=O)C1)c1ccc(Cl)s1. The van der Waals surface area contributed by atoms with Crippen molar-refractivity contribution < 1.29 is 13.2 Å². The molecular weight excluding hydrogens is 294 g/mol. The highest BCUT2D eigenvalue weighted by Gasteiger charge is 2.33. The van der Waals surface area contributed by atoms with Gasteiger partial charge in [0.1, 0.15) is 0 Å². The number of amides is 1. The first-order valence-corrected chi connectivity index (χ1v) is 8.65. The molecule has 0 radical (unpaired) electrons. The molecule has 0 spiro atoms. The maximum Gasteiger partial charge on any atom is 0.224 e. The average Bonchev–Trinajstić information content (AvgIpc) is 2.84. The van der Waals surface area contributed by atoms with Crippen molar-refractivity contribution >= 4 is 38.7 Å². The zero-order valence-electron chi connectivity index (χ0n) is 9.85. The molecule has 100 valence electrons. The number of halogens is 1. The van der Waals surface area contributed by atoms with Gasteiger partial charge in [-0.2, -0.15) is 0 Å². The summed E-state index contributed by atoms with van der Waals surface area (Å²) in [6, 6.07) is 3.51. The molecule has 2 unspecified atom stereocenters. The smallest absolute Gasteiger partial charge is 0.224 e. The van der Waals surface area contributed by atoms with Gasteiger partial charge in [-0.1, -0.05) is 11.6 Å². The predicted octanol–water partition coefficient (Wildman–Crippen LogP) is 2.01. The molecule has 1 amide bonds. The zero-order chi connectivity index (χ0) is 13.3. The number of rotatable bonds is 3. The first-order chi connectivity index (χ1) is 8.37. The largest absolute Gasteiger partial charge is 0.348 e. The highest BCUT2D eigenvalue weighted by atomic mass is 35.5. The van der Waals surface area contributed by atoms with Crippen molar-refractivity contribution in [2.45, 2.75) is 19.4 Å². The van der Waals surface area contributed by atoms with E-state index in [1.165, 1.54) is 11.3 Å². The lowest BCUT2D eigenvalue weighted by atomic mass is 10.1. The lowest BCUT2D eigenvalue weighted by Crippen LogP contribution is -2.33. The van der Waals surface area contributed by atoms with E-state index in [2.05, 4.69) is 5.32 Å². The maximum atomic E-state index is 11.9. The monoisotopic (exact) mass is 307 g/mol. The van der Waals surface area contributed by atoms with Crippen molar-refractivity contribution in [1.29, 1.82) is 0 Å².